The van der Waals surface area contributed by atoms with E-state index in [1.165, 1.54) is 0 Å². The highest BCUT2D eigenvalue weighted by Crippen LogP contribution is 2.00. The van der Waals surface area contributed by atoms with Gasteiger partial charge < -0.3 is 0 Å². The molecule has 0 bridgehead atoms. The van der Waals surface area contributed by atoms with E-state index in [4.69, 9.17) is 0 Å². The number of rotatable bonds is 2. The summed E-state index contributed by atoms with van der Waals surface area (Å²) in [5, 5.41) is 0. The fourth-order valence-corrected chi connectivity index (χ4v) is 0.847. The zero-order valence-electron chi connectivity index (χ0n) is 6.94. The lowest BCUT2D eigenvalue weighted by Gasteiger charge is -1.88. The standard InChI is InChI=1S/C10H11NS/c1-9(12)5-4-7-10-6-2-3-8-11-10/h2-8,12H,1H3/b7-4+,9-5-. The van der Waals surface area contributed by atoms with Gasteiger partial charge in [-0.05, 0) is 30.0 Å². The minimum atomic E-state index is 0.961. The number of hydrogen-bond donors (Lipinski definition) is 1. The summed E-state index contributed by atoms with van der Waals surface area (Å²) in [6.07, 6.45) is 7.58. The van der Waals surface area contributed by atoms with Gasteiger partial charge >= 0.3 is 0 Å². The second-order valence-corrected chi connectivity index (χ2v) is 3.13. The van der Waals surface area contributed by atoms with Gasteiger partial charge in [0.2, 0.25) is 0 Å². The predicted molar refractivity (Wildman–Crippen MR) is 56.0 cm³/mol. The number of nitrogens with zero attached hydrogens (tertiary/aromatic N) is 1. The van der Waals surface area contributed by atoms with E-state index >= 15 is 0 Å². The van der Waals surface area contributed by atoms with Gasteiger partial charge in [-0.1, -0.05) is 18.2 Å². The molecule has 0 spiro atoms. The van der Waals surface area contributed by atoms with Gasteiger partial charge in [0.25, 0.3) is 0 Å². The van der Waals surface area contributed by atoms with Crippen LogP contribution >= 0.6 is 12.6 Å². The minimum Gasteiger partial charge on any atom is -0.257 e. The van der Waals surface area contributed by atoms with Crippen LogP contribution in [0.3, 0.4) is 0 Å². The molecular weight excluding hydrogens is 166 g/mol. The van der Waals surface area contributed by atoms with Crippen molar-refractivity contribution < 1.29 is 0 Å². The molecule has 2 heteroatoms. The molecule has 1 aromatic heterocycles. The molecule has 1 rings (SSSR count). The molecule has 1 nitrogen and oxygen atoms in total. The summed E-state index contributed by atoms with van der Waals surface area (Å²) in [6.45, 7) is 1.94. The van der Waals surface area contributed by atoms with Crippen molar-refractivity contribution in [1.29, 1.82) is 0 Å². The second kappa shape index (κ2) is 4.78. The molecule has 0 atom stereocenters. The van der Waals surface area contributed by atoms with Gasteiger partial charge in [-0.15, -0.1) is 12.6 Å². The molecule has 1 aromatic rings. The van der Waals surface area contributed by atoms with Crippen LogP contribution < -0.4 is 0 Å². The lowest BCUT2D eigenvalue weighted by atomic mass is 10.3. The Labute approximate surface area is 78.3 Å². The van der Waals surface area contributed by atoms with E-state index in [1.807, 2.05) is 43.4 Å². The largest absolute Gasteiger partial charge is 0.257 e. The van der Waals surface area contributed by atoms with Crippen molar-refractivity contribution in [2.24, 2.45) is 0 Å². The van der Waals surface area contributed by atoms with Crippen molar-refractivity contribution in [3.05, 3.63) is 47.1 Å². The fraction of sp³-hybridized carbons (Fsp3) is 0.100. The number of hydrogen-bond acceptors (Lipinski definition) is 2. The monoisotopic (exact) mass is 177 g/mol. The molecule has 12 heavy (non-hydrogen) atoms. The van der Waals surface area contributed by atoms with Gasteiger partial charge in [-0.25, -0.2) is 0 Å². The Bertz CT molecular complexity index is 284. The third-order valence-electron chi connectivity index (χ3n) is 1.29. The summed E-state index contributed by atoms with van der Waals surface area (Å²) in [6, 6.07) is 5.82. The Kier molecular flexibility index (Phi) is 3.61. The average Bonchev–Trinajstić information content (AvgIpc) is 2.05. The minimum absolute atomic E-state index is 0.961. The zero-order valence-corrected chi connectivity index (χ0v) is 7.83. The molecule has 1 heterocycles. The molecule has 0 aromatic carbocycles. The Balaban J connectivity index is 2.64. The molecule has 0 unspecified atom stereocenters. The predicted octanol–water partition coefficient (Wildman–Crippen LogP) is 2.93. The van der Waals surface area contributed by atoms with Crippen molar-refractivity contribution in [1.82, 2.24) is 4.98 Å². The Morgan fingerprint density at radius 3 is 2.92 bits per heavy atom. The SMILES string of the molecule is C/C(S)=C/C=C/c1ccccn1. The molecule has 0 fully saturated rings. The summed E-state index contributed by atoms with van der Waals surface area (Å²) in [4.78, 5) is 5.12. The van der Waals surface area contributed by atoms with Crippen molar-refractivity contribution >= 4 is 18.7 Å². The first kappa shape index (κ1) is 9.07. The van der Waals surface area contributed by atoms with Crippen molar-refractivity contribution in [3.8, 4) is 0 Å². The maximum absolute atomic E-state index is 4.13. The number of thiol groups is 1. The lowest BCUT2D eigenvalue weighted by molar-refractivity contribution is 1.30. The van der Waals surface area contributed by atoms with Crippen LogP contribution in [0.4, 0.5) is 0 Å². The van der Waals surface area contributed by atoms with Gasteiger partial charge in [0, 0.05) is 6.20 Å². The molecule has 0 saturated carbocycles. The Hall–Kier alpha value is -1.02. The van der Waals surface area contributed by atoms with Gasteiger partial charge in [0.05, 0.1) is 5.69 Å². The van der Waals surface area contributed by atoms with Crippen LogP contribution in [0.5, 0.6) is 0 Å². The first-order valence-electron chi connectivity index (χ1n) is 3.74. The highest BCUT2D eigenvalue weighted by molar-refractivity contribution is 7.84. The molecule has 0 aliphatic rings. The molecule has 62 valence electrons. The number of pyridine rings is 1. The molecule has 0 aliphatic carbocycles. The van der Waals surface area contributed by atoms with Crippen molar-refractivity contribution in [2.75, 3.05) is 0 Å². The molecule has 0 N–H and O–H groups in total. The molecule has 0 amide bonds. The van der Waals surface area contributed by atoms with E-state index in [0.29, 0.717) is 0 Å². The third-order valence-corrected chi connectivity index (χ3v) is 1.44. The topological polar surface area (TPSA) is 12.9 Å². The van der Waals surface area contributed by atoms with Crippen LogP contribution in [0.15, 0.2) is 41.5 Å². The van der Waals surface area contributed by atoms with Crippen LogP contribution in [0.2, 0.25) is 0 Å². The second-order valence-electron chi connectivity index (χ2n) is 2.42. The van der Waals surface area contributed by atoms with Crippen LogP contribution in [-0.2, 0) is 0 Å². The lowest BCUT2D eigenvalue weighted by Crippen LogP contribution is -1.75. The maximum atomic E-state index is 4.13. The highest BCUT2D eigenvalue weighted by atomic mass is 32.1. The molecule has 0 saturated heterocycles. The fourth-order valence-electron chi connectivity index (χ4n) is 0.761. The van der Waals surface area contributed by atoms with Crippen LogP contribution in [0.1, 0.15) is 12.6 Å². The quantitative estimate of drug-likeness (QED) is 0.541. The van der Waals surface area contributed by atoms with Gasteiger partial charge in [-0.2, -0.15) is 0 Å². The normalized spacial score (nSPS) is 12.3. The van der Waals surface area contributed by atoms with Crippen LogP contribution in [-0.4, -0.2) is 4.98 Å². The number of aromatic nitrogens is 1. The van der Waals surface area contributed by atoms with Crippen molar-refractivity contribution in [3.63, 3.8) is 0 Å². The third kappa shape index (κ3) is 3.39. The zero-order chi connectivity index (χ0) is 8.81. The van der Waals surface area contributed by atoms with Crippen LogP contribution in [0.25, 0.3) is 6.08 Å². The van der Waals surface area contributed by atoms with E-state index < -0.39 is 0 Å². The smallest absolute Gasteiger partial charge is 0.0629 e. The van der Waals surface area contributed by atoms with Crippen molar-refractivity contribution in [2.45, 2.75) is 6.92 Å². The van der Waals surface area contributed by atoms with Gasteiger partial charge in [0.15, 0.2) is 0 Å². The van der Waals surface area contributed by atoms with E-state index in [9.17, 15) is 0 Å². The maximum Gasteiger partial charge on any atom is 0.0629 e. The Morgan fingerprint density at radius 1 is 1.50 bits per heavy atom. The molecule has 0 aliphatic heterocycles. The Morgan fingerprint density at radius 2 is 2.33 bits per heavy atom. The van der Waals surface area contributed by atoms with Gasteiger partial charge in [0.1, 0.15) is 0 Å². The summed E-state index contributed by atoms with van der Waals surface area (Å²) >= 11 is 4.13. The van der Waals surface area contributed by atoms with Gasteiger partial charge in [-0.3, -0.25) is 4.98 Å². The molecular formula is C10H11NS. The number of allylic oxidation sites excluding steroid dienone is 3. The van der Waals surface area contributed by atoms with E-state index in [0.717, 1.165) is 10.6 Å². The van der Waals surface area contributed by atoms with E-state index in [-0.39, 0.29) is 0 Å². The summed E-state index contributed by atoms with van der Waals surface area (Å²) < 4.78 is 0. The average molecular weight is 177 g/mol. The van der Waals surface area contributed by atoms with E-state index in [2.05, 4.69) is 17.6 Å². The summed E-state index contributed by atoms with van der Waals surface area (Å²) in [5.74, 6) is 0. The highest BCUT2D eigenvalue weighted by Gasteiger charge is 1.81. The van der Waals surface area contributed by atoms with E-state index in [1.54, 1.807) is 6.20 Å². The summed E-state index contributed by atoms with van der Waals surface area (Å²) in [7, 11) is 0. The van der Waals surface area contributed by atoms with Crippen LogP contribution in [0, 0.1) is 0 Å². The first-order valence-corrected chi connectivity index (χ1v) is 4.19. The summed E-state index contributed by atoms with van der Waals surface area (Å²) in [5.41, 5.74) is 0.961. The first-order chi connectivity index (χ1) is 5.79. The molecule has 0 radical (unpaired) electrons.